The SMILES string of the molecule is COC(=O)C[C@H]1C(C)(C)[C@H](OC(=O)C(C)C)[C@]2(O)CC3(O)C4=CC(=O)O[C@@H](c5ccoc5)[C@]4(C)CCC3[C@@]1(C)C2=O. The number of hydrogen-bond acceptors (Lipinski definition) is 10. The standard InChI is InChI=1S/C31H40O10/c1-16(2)24(34)41-26-27(3,4)19(12-21(32)38-7)29(6)18-8-10-28(5)20(30(18,36)15-31(26,37)25(29)35)13-22(33)40-23(28)17-9-11-39-14-17/h9,11,13-14,16,18-19,23,26,36-37H,8,10,12,15H2,1-7H3/t18?,19-,23-,26-,28+,29+,30?,31-/m0/s1. The average molecular weight is 573 g/mol. The van der Waals surface area contributed by atoms with E-state index in [1.54, 1.807) is 40.7 Å². The number of rotatable bonds is 5. The lowest BCUT2D eigenvalue weighted by atomic mass is 9.36. The molecule has 0 amide bonds. The summed E-state index contributed by atoms with van der Waals surface area (Å²) in [5.41, 5.74) is -6.58. The first kappa shape index (κ1) is 29.5. The number of furan rings is 1. The molecule has 3 aliphatic carbocycles. The summed E-state index contributed by atoms with van der Waals surface area (Å²) in [6.45, 7) is 10.4. The van der Waals surface area contributed by atoms with E-state index in [4.69, 9.17) is 18.6 Å². The molecule has 10 heteroatoms. The van der Waals surface area contributed by atoms with Crippen molar-refractivity contribution in [3.8, 4) is 0 Å². The Bertz CT molecular complexity index is 1310. The van der Waals surface area contributed by atoms with E-state index >= 15 is 0 Å². The van der Waals surface area contributed by atoms with Crippen LogP contribution in [0.25, 0.3) is 0 Å². The van der Waals surface area contributed by atoms with Crippen molar-refractivity contribution in [2.75, 3.05) is 7.11 Å². The number of hydrogen-bond donors (Lipinski definition) is 2. The van der Waals surface area contributed by atoms with Crippen molar-refractivity contribution in [2.45, 2.75) is 90.6 Å². The summed E-state index contributed by atoms with van der Waals surface area (Å²) in [5, 5.41) is 25.2. The number of carbonyl (C=O) groups excluding carboxylic acids is 4. The molecule has 0 radical (unpaired) electrons. The van der Waals surface area contributed by atoms with Crippen LogP contribution < -0.4 is 0 Å². The van der Waals surface area contributed by atoms with Crippen molar-refractivity contribution < 1.29 is 48.0 Å². The van der Waals surface area contributed by atoms with E-state index in [1.807, 2.05) is 6.92 Å². The van der Waals surface area contributed by atoms with Crippen LogP contribution >= 0.6 is 0 Å². The minimum Gasteiger partial charge on any atom is -0.472 e. The topological polar surface area (TPSA) is 150 Å². The highest BCUT2D eigenvalue weighted by Crippen LogP contribution is 2.71. The highest BCUT2D eigenvalue weighted by molar-refractivity contribution is 5.97. The minimum absolute atomic E-state index is 0.194. The predicted octanol–water partition coefficient (Wildman–Crippen LogP) is 3.45. The zero-order chi connectivity index (χ0) is 30.3. The third-order valence-electron chi connectivity index (χ3n) is 10.7. The van der Waals surface area contributed by atoms with Gasteiger partial charge in [-0.15, -0.1) is 0 Å². The van der Waals surface area contributed by atoms with Gasteiger partial charge in [0, 0.05) is 46.6 Å². The van der Waals surface area contributed by atoms with E-state index in [2.05, 4.69) is 0 Å². The number of esters is 3. The van der Waals surface area contributed by atoms with Gasteiger partial charge in [-0.2, -0.15) is 0 Å². The Kier molecular flexibility index (Phi) is 6.67. The molecule has 4 aliphatic rings. The number of methoxy groups -OCH3 is 1. The molecule has 0 aromatic carbocycles. The Morgan fingerprint density at radius 2 is 1.80 bits per heavy atom. The highest BCUT2D eigenvalue weighted by Gasteiger charge is 2.79. The summed E-state index contributed by atoms with van der Waals surface area (Å²) in [6.07, 6.45) is 2.23. The molecule has 1 aromatic heterocycles. The fraction of sp³-hybridized carbons (Fsp3) is 0.677. The van der Waals surface area contributed by atoms with Crippen LogP contribution in [0.15, 0.2) is 34.7 Å². The van der Waals surface area contributed by atoms with Crippen LogP contribution in [0.3, 0.4) is 0 Å². The summed E-state index contributed by atoms with van der Waals surface area (Å²) in [7, 11) is 1.26. The van der Waals surface area contributed by atoms with Crippen LogP contribution in [0.1, 0.15) is 78.9 Å². The third kappa shape index (κ3) is 3.89. The van der Waals surface area contributed by atoms with E-state index < -0.39 is 87.5 Å². The number of fused-ring (bicyclic) bond motifs is 6. The van der Waals surface area contributed by atoms with Crippen molar-refractivity contribution in [2.24, 2.45) is 34.0 Å². The normalized spacial score (nSPS) is 41.1. The zero-order valence-corrected chi connectivity index (χ0v) is 24.7. The van der Waals surface area contributed by atoms with Gasteiger partial charge < -0.3 is 28.8 Å². The number of ether oxygens (including phenoxy) is 3. The van der Waals surface area contributed by atoms with Crippen LogP contribution in [0.2, 0.25) is 0 Å². The van der Waals surface area contributed by atoms with E-state index in [-0.39, 0.29) is 6.42 Å². The molecular formula is C31H40O10. The maximum Gasteiger partial charge on any atom is 0.331 e. The van der Waals surface area contributed by atoms with Gasteiger partial charge in [0.05, 0.1) is 31.2 Å². The van der Waals surface area contributed by atoms with Crippen LogP contribution in [-0.2, 0) is 33.4 Å². The Morgan fingerprint density at radius 3 is 2.39 bits per heavy atom. The fourth-order valence-corrected chi connectivity index (χ4v) is 8.86. The number of aliphatic hydroxyl groups is 2. The lowest BCUT2D eigenvalue weighted by Gasteiger charge is -2.69. The maximum absolute atomic E-state index is 14.5. The molecule has 3 fully saturated rings. The van der Waals surface area contributed by atoms with Gasteiger partial charge in [0.1, 0.15) is 12.2 Å². The molecule has 2 heterocycles. The number of carbonyl (C=O) groups is 4. The van der Waals surface area contributed by atoms with Crippen molar-refractivity contribution >= 4 is 23.7 Å². The maximum atomic E-state index is 14.5. The van der Waals surface area contributed by atoms with Crippen molar-refractivity contribution in [3.63, 3.8) is 0 Å². The van der Waals surface area contributed by atoms with Crippen molar-refractivity contribution in [3.05, 3.63) is 35.8 Å². The Morgan fingerprint density at radius 1 is 1.12 bits per heavy atom. The fourth-order valence-electron chi connectivity index (χ4n) is 8.86. The van der Waals surface area contributed by atoms with E-state index in [1.165, 1.54) is 25.7 Å². The van der Waals surface area contributed by atoms with Crippen LogP contribution in [0.4, 0.5) is 0 Å². The first-order chi connectivity index (χ1) is 19.0. The quantitative estimate of drug-likeness (QED) is 0.397. The lowest BCUT2D eigenvalue weighted by molar-refractivity contribution is -0.275. The molecule has 2 N–H and O–H groups in total. The Hall–Kier alpha value is -2.98. The number of Topliss-reactive ketones (excluding diaryl/α,β-unsaturated/α-hetero) is 1. The van der Waals surface area contributed by atoms with Gasteiger partial charge >= 0.3 is 17.9 Å². The third-order valence-corrected chi connectivity index (χ3v) is 10.7. The average Bonchev–Trinajstić information content (AvgIpc) is 3.43. The smallest absolute Gasteiger partial charge is 0.331 e. The molecule has 8 atom stereocenters. The summed E-state index contributed by atoms with van der Waals surface area (Å²) in [6, 6.07) is 1.70. The molecule has 2 bridgehead atoms. The monoisotopic (exact) mass is 572 g/mol. The first-order valence-corrected chi connectivity index (χ1v) is 14.2. The predicted molar refractivity (Wildman–Crippen MR) is 143 cm³/mol. The number of ketones is 1. The van der Waals surface area contributed by atoms with E-state index in [0.29, 0.717) is 24.0 Å². The molecular weight excluding hydrogens is 532 g/mol. The minimum atomic E-state index is -2.30. The molecule has 3 saturated carbocycles. The lowest BCUT2D eigenvalue weighted by Crippen LogP contribution is -2.80. The van der Waals surface area contributed by atoms with Gasteiger partial charge in [-0.3, -0.25) is 14.4 Å². The molecule has 2 unspecified atom stereocenters. The molecule has 5 rings (SSSR count). The Balaban J connectivity index is 1.72. The van der Waals surface area contributed by atoms with Crippen LogP contribution in [-0.4, -0.2) is 58.3 Å². The molecule has 0 saturated heterocycles. The molecule has 41 heavy (non-hydrogen) atoms. The largest absolute Gasteiger partial charge is 0.472 e. The van der Waals surface area contributed by atoms with Gasteiger partial charge in [0.25, 0.3) is 0 Å². The second-order valence-corrected chi connectivity index (χ2v) is 13.7. The van der Waals surface area contributed by atoms with Gasteiger partial charge in [-0.05, 0) is 30.4 Å². The molecule has 10 nitrogen and oxygen atoms in total. The summed E-state index contributed by atoms with van der Waals surface area (Å²) >= 11 is 0. The second kappa shape index (κ2) is 9.26. The van der Waals surface area contributed by atoms with Crippen molar-refractivity contribution in [1.29, 1.82) is 0 Å². The molecule has 1 aromatic rings. The van der Waals surface area contributed by atoms with Crippen LogP contribution in [0.5, 0.6) is 0 Å². The van der Waals surface area contributed by atoms with Crippen LogP contribution in [0, 0.1) is 34.0 Å². The summed E-state index contributed by atoms with van der Waals surface area (Å²) in [4.78, 5) is 53.2. The summed E-state index contributed by atoms with van der Waals surface area (Å²) in [5.74, 6) is -4.51. The molecule has 224 valence electrons. The number of cyclic esters (lactones) is 1. The van der Waals surface area contributed by atoms with Gasteiger partial charge in [-0.1, -0.05) is 41.5 Å². The second-order valence-electron chi connectivity index (χ2n) is 13.7. The van der Waals surface area contributed by atoms with E-state index in [9.17, 15) is 29.4 Å². The van der Waals surface area contributed by atoms with Crippen molar-refractivity contribution in [1.82, 2.24) is 0 Å². The van der Waals surface area contributed by atoms with Gasteiger partial charge in [-0.25, -0.2) is 4.79 Å². The summed E-state index contributed by atoms with van der Waals surface area (Å²) < 4.78 is 22.0. The Labute approximate surface area is 239 Å². The van der Waals surface area contributed by atoms with Gasteiger partial charge in [0.15, 0.2) is 11.4 Å². The van der Waals surface area contributed by atoms with E-state index in [0.717, 1.165) is 0 Å². The van der Waals surface area contributed by atoms with Gasteiger partial charge in [0.2, 0.25) is 0 Å². The first-order valence-electron chi connectivity index (χ1n) is 14.2. The molecule has 0 spiro atoms. The highest BCUT2D eigenvalue weighted by atomic mass is 16.6. The molecule has 1 aliphatic heterocycles. The zero-order valence-electron chi connectivity index (χ0n) is 24.7.